The van der Waals surface area contributed by atoms with Crippen LogP contribution in [-0.4, -0.2) is 10.4 Å². The SMILES string of the molecule is CCc1cccc2ccn(CC(=O)c3ccc(C)cc3)c12. The summed E-state index contributed by atoms with van der Waals surface area (Å²) in [5, 5.41) is 1.20. The molecule has 0 amide bonds. The summed E-state index contributed by atoms with van der Waals surface area (Å²) in [6, 6.07) is 16.2. The minimum absolute atomic E-state index is 0.151. The normalized spacial score (nSPS) is 11.0. The molecule has 3 rings (SSSR count). The van der Waals surface area contributed by atoms with Crippen LogP contribution in [0.5, 0.6) is 0 Å². The van der Waals surface area contributed by atoms with Gasteiger partial charge in [-0.1, -0.05) is 55.0 Å². The molecule has 0 bridgehead atoms. The molecular weight excluding hydrogens is 258 g/mol. The van der Waals surface area contributed by atoms with Crippen molar-refractivity contribution in [3.63, 3.8) is 0 Å². The number of carbonyl (C=O) groups excluding carboxylic acids is 1. The van der Waals surface area contributed by atoms with Crippen molar-refractivity contribution in [2.45, 2.75) is 26.8 Å². The van der Waals surface area contributed by atoms with Crippen LogP contribution < -0.4 is 0 Å². The number of nitrogens with zero attached hydrogens (tertiary/aromatic N) is 1. The molecule has 0 N–H and O–H groups in total. The first-order valence-corrected chi connectivity index (χ1v) is 7.35. The summed E-state index contributed by atoms with van der Waals surface area (Å²) in [5.74, 6) is 0.151. The summed E-state index contributed by atoms with van der Waals surface area (Å²) in [4.78, 5) is 12.4. The van der Waals surface area contributed by atoms with Gasteiger partial charge in [0.2, 0.25) is 0 Å². The van der Waals surface area contributed by atoms with E-state index in [0.717, 1.165) is 12.0 Å². The highest BCUT2D eigenvalue weighted by molar-refractivity contribution is 5.97. The molecular formula is C19H19NO. The Morgan fingerprint density at radius 3 is 2.52 bits per heavy atom. The fourth-order valence-electron chi connectivity index (χ4n) is 2.74. The van der Waals surface area contributed by atoms with Crippen molar-refractivity contribution in [3.05, 3.63) is 71.4 Å². The van der Waals surface area contributed by atoms with Crippen molar-refractivity contribution in [2.75, 3.05) is 0 Å². The van der Waals surface area contributed by atoms with E-state index in [1.807, 2.05) is 37.4 Å². The number of rotatable bonds is 4. The van der Waals surface area contributed by atoms with Crippen LogP contribution in [0, 0.1) is 6.92 Å². The number of Topliss-reactive ketones (excluding diaryl/α,β-unsaturated/α-hetero) is 1. The average Bonchev–Trinajstić information content (AvgIpc) is 2.91. The summed E-state index contributed by atoms with van der Waals surface area (Å²) in [5.41, 5.74) is 4.41. The molecule has 1 heterocycles. The first-order chi connectivity index (χ1) is 10.2. The summed E-state index contributed by atoms with van der Waals surface area (Å²) in [6.07, 6.45) is 2.98. The highest BCUT2D eigenvalue weighted by Crippen LogP contribution is 2.21. The number of para-hydroxylation sites is 1. The summed E-state index contributed by atoms with van der Waals surface area (Å²) >= 11 is 0. The molecule has 0 spiro atoms. The maximum atomic E-state index is 12.4. The standard InChI is InChI=1S/C19H19NO/c1-3-15-5-4-6-17-11-12-20(19(15)17)13-18(21)16-9-7-14(2)8-10-16/h4-12H,3,13H2,1-2H3. The first kappa shape index (κ1) is 13.6. The van der Waals surface area contributed by atoms with Gasteiger partial charge < -0.3 is 4.57 Å². The number of aryl methyl sites for hydroxylation is 2. The maximum absolute atomic E-state index is 12.4. The van der Waals surface area contributed by atoms with E-state index in [9.17, 15) is 4.79 Å². The Balaban J connectivity index is 1.94. The van der Waals surface area contributed by atoms with Gasteiger partial charge in [-0.3, -0.25) is 4.79 Å². The third kappa shape index (κ3) is 2.62. The van der Waals surface area contributed by atoms with E-state index in [4.69, 9.17) is 0 Å². The first-order valence-electron chi connectivity index (χ1n) is 7.35. The van der Waals surface area contributed by atoms with Gasteiger partial charge in [-0.15, -0.1) is 0 Å². The molecule has 0 aliphatic carbocycles. The van der Waals surface area contributed by atoms with Crippen LogP contribution in [0.25, 0.3) is 10.9 Å². The fourth-order valence-corrected chi connectivity index (χ4v) is 2.74. The molecule has 21 heavy (non-hydrogen) atoms. The van der Waals surface area contributed by atoms with E-state index in [1.54, 1.807) is 0 Å². The molecule has 0 fully saturated rings. The molecule has 1 aromatic heterocycles. The molecule has 0 saturated carbocycles. The van der Waals surface area contributed by atoms with Gasteiger partial charge >= 0.3 is 0 Å². The van der Waals surface area contributed by atoms with E-state index in [2.05, 4.69) is 35.8 Å². The lowest BCUT2D eigenvalue weighted by Gasteiger charge is -2.08. The van der Waals surface area contributed by atoms with E-state index < -0.39 is 0 Å². The second-order valence-electron chi connectivity index (χ2n) is 5.44. The smallest absolute Gasteiger partial charge is 0.182 e. The van der Waals surface area contributed by atoms with Gasteiger partial charge in [0, 0.05) is 11.8 Å². The van der Waals surface area contributed by atoms with Gasteiger partial charge in [0.15, 0.2) is 5.78 Å². The van der Waals surface area contributed by atoms with Crippen molar-refractivity contribution >= 4 is 16.7 Å². The van der Waals surface area contributed by atoms with Crippen LogP contribution in [0.4, 0.5) is 0 Å². The fraction of sp³-hybridized carbons (Fsp3) is 0.211. The van der Waals surface area contributed by atoms with Gasteiger partial charge in [0.05, 0.1) is 12.1 Å². The van der Waals surface area contributed by atoms with Gasteiger partial charge in [-0.25, -0.2) is 0 Å². The molecule has 0 aliphatic rings. The number of fused-ring (bicyclic) bond motifs is 1. The topological polar surface area (TPSA) is 22.0 Å². The predicted molar refractivity (Wildman–Crippen MR) is 86.8 cm³/mol. The van der Waals surface area contributed by atoms with Crippen LogP contribution >= 0.6 is 0 Å². The number of hydrogen-bond donors (Lipinski definition) is 0. The Bertz CT molecular complexity index is 781. The minimum Gasteiger partial charge on any atom is -0.339 e. The van der Waals surface area contributed by atoms with Gasteiger partial charge in [0.1, 0.15) is 0 Å². The zero-order valence-corrected chi connectivity index (χ0v) is 12.5. The molecule has 0 radical (unpaired) electrons. The second kappa shape index (κ2) is 5.57. The number of aromatic nitrogens is 1. The third-order valence-electron chi connectivity index (χ3n) is 3.94. The Hall–Kier alpha value is -2.35. The van der Waals surface area contributed by atoms with Gasteiger partial charge in [-0.2, -0.15) is 0 Å². The molecule has 3 aromatic rings. The van der Waals surface area contributed by atoms with E-state index in [1.165, 1.54) is 22.0 Å². The predicted octanol–water partition coefficient (Wildman–Crippen LogP) is 4.40. The van der Waals surface area contributed by atoms with Crippen molar-refractivity contribution in [3.8, 4) is 0 Å². The quantitative estimate of drug-likeness (QED) is 0.648. The molecule has 2 heteroatoms. The summed E-state index contributed by atoms with van der Waals surface area (Å²) in [6.45, 7) is 4.57. The number of ketones is 1. The lowest BCUT2D eigenvalue weighted by Crippen LogP contribution is -2.10. The highest BCUT2D eigenvalue weighted by Gasteiger charge is 2.10. The van der Waals surface area contributed by atoms with Crippen LogP contribution in [-0.2, 0) is 13.0 Å². The molecule has 2 nitrogen and oxygen atoms in total. The Labute approximate surface area is 125 Å². The van der Waals surface area contributed by atoms with Crippen LogP contribution in [0.1, 0.15) is 28.4 Å². The lowest BCUT2D eigenvalue weighted by molar-refractivity contribution is 0.0973. The van der Waals surface area contributed by atoms with E-state index in [0.29, 0.717) is 6.54 Å². The Morgan fingerprint density at radius 2 is 1.81 bits per heavy atom. The monoisotopic (exact) mass is 277 g/mol. The molecule has 0 aliphatic heterocycles. The molecule has 0 atom stereocenters. The molecule has 0 unspecified atom stereocenters. The average molecular weight is 277 g/mol. The molecule has 106 valence electrons. The zero-order valence-electron chi connectivity index (χ0n) is 12.5. The molecule has 2 aromatic carbocycles. The Kier molecular flexibility index (Phi) is 3.61. The minimum atomic E-state index is 0.151. The van der Waals surface area contributed by atoms with Crippen molar-refractivity contribution in [2.24, 2.45) is 0 Å². The summed E-state index contributed by atoms with van der Waals surface area (Å²) < 4.78 is 2.07. The van der Waals surface area contributed by atoms with Crippen molar-refractivity contribution in [1.29, 1.82) is 0 Å². The molecule has 0 saturated heterocycles. The Morgan fingerprint density at radius 1 is 1.05 bits per heavy atom. The number of carbonyl (C=O) groups is 1. The van der Waals surface area contributed by atoms with Gasteiger partial charge in [0.25, 0.3) is 0 Å². The van der Waals surface area contributed by atoms with Crippen molar-refractivity contribution < 1.29 is 4.79 Å². The van der Waals surface area contributed by atoms with Crippen LogP contribution in [0.3, 0.4) is 0 Å². The van der Waals surface area contributed by atoms with Crippen LogP contribution in [0.2, 0.25) is 0 Å². The number of benzene rings is 2. The van der Waals surface area contributed by atoms with Crippen molar-refractivity contribution in [1.82, 2.24) is 4.57 Å². The largest absolute Gasteiger partial charge is 0.339 e. The summed E-state index contributed by atoms with van der Waals surface area (Å²) in [7, 11) is 0. The van der Waals surface area contributed by atoms with Crippen LogP contribution in [0.15, 0.2) is 54.7 Å². The van der Waals surface area contributed by atoms with Gasteiger partial charge in [-0.05, 0) is 30.4 Å². The number of hydrogen-bond acceptors (Lipinski definition) is 1. The lowest BCUT2D eigenvalue weighted by atomic mass is 10.1. The third-order valence-corrected chi connectivity index (χ3v) is 3.94. The van der Waals surface area contributed by atoms with E-state index in [-0.39, 0.29) is 5.78 Å². The highest BCUT2D eigenvalue weighted by atomic mass is 16.1. The van der Waals surface area contributed by atoms with E-state index >= 15 is 0 Å². The maximum Gasteiger partial charge on any atom is 0.182 e. The second-order valence-corrected chi connectivity index (χ2v) is 5.44. The zero-order chi connectivity index (χ0) is 14.8.